The van der Waals surface area contributed by atoms with Crippen LogP contribution in [0.4, 0.5) is 0 Å². The van der Waals surface area contributed by atoms with Crippen LogP contribution in [0.5, 0.6) is 0 Å². The predicted molar refractivity (Wildman–Crippen MR) is 77.4 cm³/mol. The summed E-state index contributed by atoms with van der Waals surface area (Å²) < 4.78 is 5.73. The molecule has 1 saturated heterocycles. The SMILES string of the molecule is CCNC1(CO)CCCC(N(C)CC2CCCO2)C1. The fourth-order valence-electron chi connectivity index (χ4n) is 3.70. The molecule has 0 radical (unpaired) electrons. The fraction of sp³-hybridized carbons (Fsp3) is 1.00. The van der Waals surface area contributed by atoms with E-state index >= 15 is 0 Å². The molecule has 0 aromatic heterocycles. The van der Waals surface area contributed by atoms with Crippen molar-refractivity contribution < 1.29 is 9.84 Å². The second-order valence-corrected chi connectivity index (χ2v) is 6.29. The summed E-state index contributed by atoms with van der Waals surface area (Å²) in [5.41, 5.74) is -0.0531. The van der Waals surface area contributed by atoms with E-state index in [2.05, 4.69) is 24.2 Å². The summed E-state index contributed by atoms with van der Waals surface area (Å²) in [6.07, 6.45) is 7.44. The molecule has 2 N–H and O–H groups in total. The topological polar surface area (TPSA) is 44.7 Å². The van der Waals surface area contributed by atoms with Gasteiger partial charge in [-0.15, -0.1) is 0 Å². The molecule has 0 spiro atoms. The van der Waals surface area contributed by atoms with Crippen LogP contribution in [0, 0.1) is 0 Å². The summed E-state index contributed by atoms with van der Waals surface area (Å²) in [5.74, 6) is 0. The summed E-state index contributed by atoms with van der Waals surface area (Å²) in [7, 11) is 2.21. The van der Waals surface area contributed by atoms with Crippen molar-refractivity contribution in [2.75, 3.05) is 33.4 Å². The van der Waals surface area contributed by atoms with Crippen molar-refractivity contribution in [3.8, 4) is 0 Å². The molecule has 19 heavy (non-hydrogen) atoms. The van der Waals surface area contributed by atoms with E-state index in [4.69, 9.17) is 4.74 Å². The average molecular weight is 270 g/mol. The first-order valence-corrected chi connectivity index (χ1v) is 7.87. The minimum atomic E-state index is -0.0531. The molecule has 0 aromatic carbocycles. The van der Waals surface area contributed by atoms with Gasteiger partial charge in [-0.05, 0) is 52.1 Å². The number of ether oxygens (including phenoxy) is 1. The lowest BCUT2D eigenvalue weighted by atomic mass is 9.79. The normalized spacial score (nSPS) is 36.0. The maximum Gasteiger partial charge on any atom is 0.0702 e. The number of nitrogens with zero attached hydrogens (tertiary/aromatic N) is 1. The Kier molecular flexibility index (Phi) is 5.63. The standard InChI is InChI=1S/C15H30N2O2/c1-3-16-15(12-18)8-4-6-13(10-15)17(2)11-14-7-5-9-19-14/h13-14,16,18H,3-12H2,1-2H3. The van der Waals surface area contributed by atoms with E-state index < -0.39 is 0 Å². The first-order chi connectivity index (χ1) is 9.19. The van der Waals surface area contributed by atoms with Crippen molar-refractivity contribution >= 4 is 0 Å². The Morgan fingerprint density at radius 3 is 2.84 bits per heavy atom. The fourth-order valence-corrected chi connectivity index (χ4v) is 3.70. The molecular formula is C15H30N2O2. The van der Waals surface area contributed by atoms with Gasteiger partial charge in [0.1, 0.15) is 0 Å². The first-order valence-electron chi connectivity index (χ1n) is 7.87. The quantitative estimate of drug-likeness (QED) is 0.765. The monoisotopic (exact) mass is 270 g/mol. The minimum absolute atomic E-state index is 0.0531. The third-order valence-electron chi connectivity index (χ3n) is 4.81. The van der Waals surface area contributed by atoms with Crippen LogP contribution in [0.15, 0.2) is 0 Å². The summed E-state index contributed by atoms with van der Waals surface area (Å²) in [6, 6.07) is 0.573. The number of likely N-dealkylation sites (N-methyl/N-ethyl adjacent to an activating group) is 2. The maximum atomic E-state index is 9.75. The van der Waals surface area contributed by atoms with Crippen molar-refractivity contribution in [1.29, 1.82) is 0 Å². The number of nitrogens with one attached hydrogen (secondary N) is 1. The van der Waals surface area contributed by atoms with Gasteiger partial charge in [-0.2, -0.15) is 0 Å². The number of hydrogen-bond donors (Lipinski definition) is 2. The Labute approximate surface area is 117 Å². The number of hydrogen-bond acceptors (Lipinski definition) is 4. The van der Waals surface area contributed by atoms with Gasteiger partial charge in [0.2, 0.25) is 0 Å². The van der Waals surface area contributed by atoms with Crippen LogP contribution in [0.3, 0.4) is 0 Å². The van der Waals surface area contributed by atoms with E-state index in [9.17, 15) is 5.11 Å². The largest absolute Gasteiger partial charge is 0.394 e. The zero-order valence-corrected chi connectivity index (χ0v) is 12.5. The van der Waals surface area contributed by atoms with E-state index in [1.165, 1.54) is 25.7 Å². The predicted octanol–water partition coefficient (Wildman–Crippen LogP) is 1.38. The van der Waals surface area contributed by atoms with Gasteiger partial charge < -0.3 is 20.1 Å². The molecule has 4 heteroatoms. The van der Waals surface area contributed by atoms with Crippen LogP contribution < -0.4 is 5.32 Å². The van der Waals surface area contributed by atoms with Gasteiger partial charge >= 0.3 is 0 Å². The van der Waals surface area contributed by atoms with Gasteiger partial charge in [-0.3, -0.25) is 0 Å². The summed E-state index contributed by atoms with van der Waals surface area (Å²) in [6.45, 7) is 5.28. The molecule has 0 amide bonds. The number of rotatable bonds is 6. The van der Waals surface area contributed by atoms with Gasteiger partial charge in [0, 0.05) is 24.7 Å². The zero-order chi connectivity index (χ0) is 13.7. The van der Waals surface area contributed by atoms with Crippen LogP contribution in [-0.2, 0) is 4.74 Å². The lowest BCUT2D eigenvalue weighted by molar-refractivity contribution is 0.0344. The molecule has 2 aliphatic rings. The minimum Gasteiger partial charge on any atom is -0.394 e. The number of aliphatic hydroxyl groups excluding tert-OH is 1. The Morgan fingerprint density at radius 2 is 2.21 bits per heavy atom. The molecule has 3 atom stereocenters. The second kappa shape index (κ2) is 7.02. The summed E-state index contributed by atoms with van der Waals surface area (Å²) in [4.78, 5) is 2.46. The van der Waals surface area contributed by atoms with Gasteiger partial charge in [-0.1, -0.05) is 6.92 Å². The molecule has 1 aliphatic carbocycles. The average Bonchev–Trinajstić information content (AvgIpc) is 2.92. The highest BCUT2D eigenvalue weighted by Gasteiger charge is 2.37. The smallest absolute Gasteiger partial charge is 0.0702 e. The third kappa shape index (κ3) is 3.91. The Bertz CT molecular complexity index is 265. The van der Waals surface area contributed by atoms with E-state index in [-0.39, 0.29) is 12.1 Å². The van der Waals surface area contributed by atoms with E-state index in [1.807, 2.05) is 0 Å². The zero-order valence-electron chi connectivity index (χ0n) is 12.5. The molecule has 112 valence electrons. The maximum absolute atomic E-state index is 9.75. The number of aliphatic hydroxyl groups is 1. The molecule has 2 fully saturated rings. The molecule has 1 saturated carbocycles. The van der Waals surface area contributed by atoms with Crippen molar-refractivity contribution in [3.05, 3.63) is 0 Å². The molecule has 2 rings (SSSR count). The molecule has 0 bridgehead atoms. The van der Waals surface area contributed by atoms with Crippen LogP contribution >= 0.6 is 0 Å². The summed E-state index contributed by atoms with van der Waals surface area (Å²) in [5, 5.41) is 13.3. The molecule has 0 aromatic rings. The van der Waals surface area contributed by atoms with E-state index in [0.717, 1.165) is 32.5 Å². The highest BCUT2D eigenvalue weighted by molar-refractivity contribution is 4.96. The van der Waals surface area contributed by atoms with Crippen LogP contribution in [0.1, 0.15) is 45.4 Å². The second-order valence-electron chi connectivity index (χ2n) is 6.29. The Morgan fingerprint density at radius 1 is 1.37 bits per heavy atom. The Hall–Kier alpha value is -0.160. The van der Waals surface area contributed by atoms with Crippen LogP contribution in [0.25, 0.3) is 0 Å². The lowest BCUT2D eigenvalue weighted by Gasteiger charge is -2.44. The molecule has 3 unspecified atom stereocenters. The van der Waals surface area contributed by atoms with E-state index in [1.54, 1.807) is 0 Å². The van der Waals surface area contributed by atoms with Crippen molar-refractivity contribution in [2.24, 2.45) is 0 Å². The van der Waals surface area contributed by atoms with Gasteiger partial charge in [-0.25, -0.2) is 0 Å². The van der Waals surface area contributed by atoms with Crippen LogP contribution in [0.2, 0.25) is 0 Å². The van der Waals surface area contributed by atoms with Crippen molar-refractivity contribution in [2.45, 2.75) is 63.1 Å². The van der Waals surface area contributed by atoms with Gasteiger partial charge in [0.05, 0.1) is 12.7 Å². The Balaban J connectivity index is 1.88. The molecule has 1 heterocycles. The highest BCUT2D eigenvalue weighted by Crippen LogP contribution is 2.31. The molecule has 1 aliphatic heterocycles. The van der Waals surface area contributed by atoms with E-state index in [0.29, 0.717) is 12.1 Å². The van der Waals surface area contributed by atoms with Gasteiger partial charge in [0.15, 0.2) is 0 Å². The molecular weight excluding hydrogens is 240 g/mol. The van der Waals surface area contributed by atoms with Crippen LogP contribution in [-0.4, -0.2) is 61.0 Å². The van der Waals surface area contributed by atoms with Gasteiger partial charge in [0.25, 0.3) is 0 Å². The highest BCUT2D eigenvalue weighted by atomic mass is 16.5. The summed E-state index contributed by atoms with van der Waals surface area (Å²) >= 11 is 0. The third-order valence-corrected chi connectivity index (χ3v) is 4.81. The first kappa shape index (κ1) is 15.2. The van der Waals surface area contributed by atoms with Crippen molar-refractivity contribution in [3.63, 3.8) is 0 Å². The van der Waals surface area contributed by atoms with Crippen molar-refractivity contribution in [1.82, 2.24) is 10.2 Å². The molecule has 4 nitrogen and oxygen atoms in total. The lowest BCUT2D eigenvalue weighted by Crippen LogP contribution is -2.55.